The highest BCUT2D eigenvalue weighted by molar-refractivity contribution is 7.86. The lowest BCUT2D eigenvalue weighted by Crippen LogP contribution is -2.45. The molecule has 0 amide bonds. The molecule has 4 aromatic rings. The van der Waals surface area contributed by atoms with Crippen LogP contribution in [0.5, 0.6) is 17.2 Å². The number of aryl methyl sites for hydroxylation is 2. The second kappa shape index (κ2) is 14.0. The maximum atomic E-state index is 13.4. The van der Waals surface area contributed by atoms with E-state index in [2.05, 4.69) is 0 Å². The fraction of sp³-hybridized carbons (Fsp3) is 0.273. The van der Waals surface area contributed by atoms with E-state index in [1.54, 1.807) is 37.3 Å². The first-order valence-electron chi connectivity index (χ1n) is 13.8. The van der Waals surface area contributed by atoms with Crippen molar-refractivity contribution in [3.63, 3.8) is 0 Å². The van der Waals surface area contributed by atoms with Gasteiger partial charge in [0.2, 0.25) is 0 Å². The third-order valence-electron chi connectivity index (χ3n) is 6.78. The second-order valence-corrected chi connectivity index (χ2v) is 12.4. The Bertz CT molecular complexity index is 1660. The third-order valence-corrected chi connectivity index (χ3v) is 8.05. The van der Waals surface area contributed by atoms with Crippen LogP contribution in [0, 0.1) is 19.3 Å². The maximum Gasteiger partial charge on any atom is 0.416 e. The zero-order valence-corrected chi connectivity index (χ0v) is 25.5. The fourth-order valence-corrected chi connectivity index (χ4v) is 5.18. The predicted octanol–water partition coefficient (Wildman–Crippen LogP) is 8.27. The minimum absolute atomic E-state index is 0.163. The Morgan fingerprint density at radius 1 is 0.543 bits per heavy atom. The van der Waals surface area contributed by atoms with Crippen molar-refractivity contribution in [3.8, 4) is 17.2 Å². The van der Waals surface area contributed by atoms with Crippen LogP contribution in [0.1, 0.15) is 22.3 Å². The van der Waals surface area contributed by atoms with Gasteiger partial charge in [0.25, 0.3) is 10.1 Å². The topological polar surface area (TPSA) is 71.1 Å². The largest absolute Gasteiger partial charge is 0.493 e. The number of rotatable bonds is 13. The van der Waals surface area contributed by atoms with Gasteiger partial charge in [0.15, 0.2) is 0 Å². The monoisotopic (exact) mass is 668 g/mol. The summed E-state index contributed by atoms with van der Waals surface area (Å²) in [5.41, 5.74) is -1.93. The number of ether oxygens (including phenoxy) is 3. The van der Waals surface area contributed by atoms with Crippen molar-refractivity contribution in [2.24, 2.45) is 5.41 Å². The van der Waals surface area contributed by atoms with E-state index in [9.17, 15) is 34.8 Å². The number of hydrogen-bond donors (Lipinski definition) is 0. The van der Waals surface area contributed by atoms with Crippen molar-refractivity contribution in [1.29, 1.82) is 0 Å². The van der Waals surface area contributed by atoms with E-state index in [0.29, 0.717) is 5.75 Å². The quantitative estimate of drug-likeness (QED) is 0.106. The number of benzene rings is 4. The molecule has 46 heavy (non-hydrogen) atoms. The van der Waals surface area contributed by atoms with Gasteiger partial charge >= 0.3 is 12.4 Å². The SMILES string of the molecule is Cc1ccc(S(=O)(=O)OCC(COc2cccc(C)c2)(COc2cccc(C(F)(F)F)c2)COc2cccc(C(F)(F)F)c2)cc1. The normalized spacial score (nSPS) is 12.5. The van der Waals surface area contributed by atoms with Crippen LogP contribution in [-0.2, 0) is 26.7 Å². The van der Waals surface area contributed by atoms with E-state index in [-0.39, 0.29) is 23.0 Å². The van der Waals surface area contributed by atoms with Crippen LogP contribution in [0.3, 0.4) is 0 Å². The molecule has 0 heterocycles. The molecule has 0 bridgehead atoms. The van der Waals surface area contributed by atoms with Gasteiger partial charge in [-0.2, -0.15) is 34.8 Å². The molecule has 0 fully saturated rings. The number of halogens is 6. The first kappa shape index (κ1) is 34.6. The van der Waals surface area contributed by atoms with E-state index in [4.69, 9.17) is 18.4 Å². The summed E-state index contributed by atoms with van der Waals surface area (Å²) in [5.74, 6) is -0.0330. The molecule has 0 radical (unpaired) electrons. The van der Waals surface area contributed by atoms with Crippen molar-refractivity contribution >= 4 is 10.1 Å². The molecule has 13 heteroatoms. The Balaban J connectivity index is 1.70. The molecule has 0 spiro atoms. The molecule has 0 saturated heterocycles. The van der Waals surface area contributed by atoms with Crippen LogP contribution >= 0.6 is 0 Å². The van der Waals surface area contributed by atoms with Crippen LogP contribution in [0.15, 0.2) is 102 Å². The van der Waals surface area contributed by atoms with Crippen LogP contribution in [0.2, 0.25) is 0 Å². The fourth-order valence-electron chi connectivity index (χ4n) is 4.16. The van der Waals surface area contributed by atoms with Gasteiger partial charge in [-0.25, -0.2) is 0 Å². The highest BCUT2D eigenvalue weighted by Gasteiger charge is 2.38. The van der Waals surface area contributed by atoms with Crippen molar-refractivity contribution in [2.75, 3.05) is 26.4 Å². The summed E-state index contributed by atoms with van der Waals surface area (Å²) in [6, 6.07) is 20.7. The Morgan fingerprint density at radius 2 is 0.978 bits per heavy atom. The van der Waals surface area contributed by atoms with Crippen molar-refractivity contribution in [3.05, 3.63) is 119 Å². The summed E-state index contributed by atoms with van der Waals surface area (Å²) in [4.78, 5) is -0.163. The molecule has 0 aliphatic carbocycles. The molecule has 4 rings (SSSR count). The minimum Gasteiger partial charge on any atom is -0.493 e. The molecule has 0 aromatic heterocycles. The van der Waals surface area contributed by atoms with E-state index < -0.39 is 58.8 Å². The van der Waals surface area contributed by atoms with Crippen molar-refractivity contribution < 1.29 is 53.2 Å². The predicted molar refractivity (Wildman–Crippen MR) is 157 cm³/mol. The summed E-state index contributed by atoms with van der Waals surface area (Å²) in [6.07, 6.45) is -9.33. The standard InChI is InChI=1S/C33H30F6O6S/c1-23-12-14-30(15-13-23)46(40,41)45-22-31(19-42-27-9-3-6-24(2)16-27,20-43-28-10-4-7-25(17-28)32(34,35)36)21-44-29-11-5-8-26(18-29)33(37,38)39/h3-18H,19-22H2,1-2H3. The van der Waals surface area contributed by atoms with Gasteiger partial charge in [0.1, 0.15) is 37.1 Å². The minimum atomic E-state index is -4.66. The van der Waals surface area contributed by atoms with Crippen LogP contribution < -0.4 is 14.2 Å². The van der Waals surface area contributed by atoms with Crippen LogP contribution in [-0.4, -0.2) is 34.8 Å². The first-order valence-corrected chi connectivity index (χ1v) is 15.2. The number of alkyl halides is 6. The first-order chi connectivity index (χ1) is 21.5. The highest BCUT2D eigenvalue weighted by atomic mass is 32.2. The summed E-state index contributed by atoms with van der Waals surface area (Å²) in [5, 5.41) is 0. The Labute approximate surface area is 262 Å². The van der Waals surface area contributed by atoms with Crippen LogP contribution in [0.25, 0.3) is 0 Å². The van der Waals surface area contributed by atoms with E-state index in [0.717, 1.165) is 47.5 Å². The van der Waals surface area contributed by atoms with E-state index >= 15 is 0 Å². The molecule has 0 atom stereocenters. The lowest BCUT2D eigenvalue weighted by atomic mass is 9.92. The van der Waals surface area contributed by atoms with Gasteiger partial charge in [-0.05, 0) is 80.1 Å². The summed E-state index contributed by atoms with van der Waals surface area (Å²) < 4.78 is 130. The average Bonchev–Trinajstić information content (AvgIpc) is 3.00. The van der Waals surface area contributed by atoms with E-state index in [1.807, 2.05) is 13.0 Å². The van der Waals surface area contributed by atoms with Crippen LogP contribution in [0.4, 0.5) is 26.3 Å². The lowest BCUT2D eigenvalue weighted by Gasteiger charge is -2.33. The van der Waals surface area contributed by atoms with Crippen molar-refractivity contribution in [1.82, 2.24) is 0 Å². The summed E-state index contributed by atoms with van der Waals surface area (Å²) in [6.45, 7) is 1.52. The molecule has 0 aliphatic rings. The van der Waals surface area contributed by atoms with Gasteiger partial charge in [-0.3, -0.25) is 4.18 Å². The maximum absolute atomic E-state index is 13.4. The van der Waals surface area contributed by atoms with Crippen molar-refractivity contribution in [2.45, 2.75) is 31.1 Å². The molecule has 0 unspecified atom stereocenters. The third kappa shape index (κ3) is 9.63. The zero-order valence-electron chi connectivity index (χ0n) is 24.7. The van der Waals surface area contributed by atoms with Gasteiger partial charge in [-0.1, -0.05) is 42.0 Å². The molecule has 4 aromatic carbocycles. The Kier molecular flexibility index (Phi) is 10.6. The number of hydrogen-bond acceptors (Lipinski definition) is 6. The Hall–Kier alpha value is -4.23. The lowest BCUT2D eigenvalue weighted by molar-refractivity contribution is -0.138. The van der Waals surface area contributed by atoms with Gasteiger partial charge in [-0.15, -0.1) is 0 Å². The molecule has 0 N–H and O–H groups in total. The average molecular weight is 669 g/mol. The second-order valence-electron chi connectivity index (χ2n) is 10.8. The molecular weight excluding hydrogens is 638 g/mol. The van der Waals surface area contributed by atoms with Gasteiger partial charge < -0.3 is 14.2 Å². The molecule has 246 valence electrons. The highest BCUT2D eigenvalue weighted by Crippen LogP contribution is 2.34. The molecule has 0 saturated carbocycles. The van der Waals surface area contributed by atoms with Gasteiger partial charge in [0, 0.05) is 0 Å². The summed E-state index contributed by atoms with van der Waals surface area (Å²) >= 11 is 0. The van der Waals surface area contributed by atoms with Gasteiger partial charge in [0.05, 0.1) is 28.0 Å². The van der Waals surface area contributed by atoms with E-state index in [1.165, 1.54) is 24.3 Å². The molecule has 0 aliphatic heterocycles. The Morgan fingerprint density at radius 3 is 1.41 bits per heavy atom. The zero-order chi connectivity index (χ0) is 33.6. The molecule has 6 nitrogen and oxygen atoms in total. The smallest absolute Gasteiger partial charge is 0.416 e. The molecular formula is C33H30F6O6S. The summed E-state index contributed by atoms with van der Waals surface area (Å²) in [7, 11) is -4.38.